The van der Waals surface area contributed by atoms with Gasteiger partial charge in [0.25, 0.3) is 0 Å². The molecule has 0 aromatic heterocycles. The van der Waals surface area contributed by atoms with Crippen LogP contribution in [0.4, 0.5) is 8.78 Å². The van der Waals surface area contributed by atoms with Gasteiger partial charge in [0.15, 0.2) is 11.6 Å². The summed E-state index contributed by atoms with van der Waals surface area (Å²) in [5, 5.41) is 9.41. The van der Waals surface area contributed by atoms with Crippen molar-refractivity contribution in [2.75, 3.05) is 0 Å². The molecule has 1 unspecified atom stereocenters. The van der Waals surface area contributed by atoms with E-state index in [1.54, 1.807) is 0 Å². The number of nitrogens with two attached hydrogens (primary N) is 1. The number of hydrogen-bond donors (Lipinski definition) is 2. The Morgan fingerprint density at radius 3 is 2.35 bits per heavy atom. The van der Waals surface area contributed by atoms with Crippen molar-refractivity contribution in [3.8, 4) is 0 Å². The van der Waals surface area contributed by atoms with E-state index in [9.17, 15) is 13.9 Å². The molecule has 0 spiro atoms. The van der Waals surface area contributed by atoms with Crippen LogP contribution in [0.1, 0.15) is 37.3 Å². The van der Waals surface area contributed by atoms with Gasteiger partial charge in [0.05, 0.1) is 6.10 Å². The number of halogens is 2. The molecule has 17 heavy (non-hydrogen) atoms. The van der Waals surface area contributed by atoms with E-state index in [0.717, 1.165) is 31.7 Å². The van der Waals surface area contributed by atoms with E-state index < -0.39 is 11.6 Å². The summed E-state index contributed by atoms with van der Waals surface area (Å²) in [6.07, 6.45) is 2.91. The van der Waals surface area contributed by atoms with Gasteiger partial charge in [-0.1, -0.05) is 6.07 Å². The summed E-state index contributed by atoms with van der Waals surface area (Å²) in [6, 6.07) is 3.54. The van der Waals surface area contributed by atoms with Gasteiger partial charge in [-0.25, -0.2) is 8.78 Å². The third-order valence-corrected chi connectivity index (χ3v) is 3.58. The number of benzene rings is 1. The quantitative estimate of drug-likeness (QED) is 0.835. The van der Waals surface area contributed by atoms with Crippen molar-refractivity contribution >= 4 is 0 Å². The van der Waals surface area contributed by atoms with Crippen molar-refractivity contribution in [2.24, 2.45) is 11.7 Å². The molecule has 0 saturated heterocycles. The number of hydrogen-bond acceptors (Lipinski definition) is 2. The number of aliphatic hydroxyl groups is 1. The van der Waals surface area contributed by atoms with Crippen LogP contribution in [0, 0.1) is 17.6 Å². The largest absolute Gasteiger partial charge is 0.393 e. The molecule has 1 aromatic carbocycles. The van der Waals surface area contributed by atoms with Crippen LogP contribution in [0.15, 0.2) is 18.2 Å². The van der Waals surface area contributed by atoms with Gasteiger partial charge in [-0.15, -0.1) is 0 Å². The van der Waals surface area contributed by atoms with Crippen LogP contribution in [-0.4, -0.2) is 11.2 Å². The highest BCUT2D eigenvalue weighted by molar-refractivity contribution is 5.21. The lowest BCUT2D eigenvalue weighted by Gasteiger charge is -2.30. The molecule has 1 atom stereocenters. The minimum Gasteiger partial charge on any atom is -0.393 e. The maximum Gasteiger partial charge on any atom is 0.159 e. The molecule has 0 heterocycles. The Hall–Kier alpha value is -1.00. The summed E-state index contributed by atoms with van der Waals surface area (Å²) in [6.45, 7) is 0. The van der Waals surface area contributed by atoms with Crippen LogP contribution in [0.3, 0.4) is 0 Å². The SMILES string of the molecule is NC(c1ccc(F)c(F)c1)C1CCC(O)CC1. The third kappa shape index (κ3) is 2.82. The average Bonchev–Trinajstić information content (AvgIpc) is 2.33. The third-order valence-electron chi connectivity index (χ3n) is 3.58. The molecule has 3 N–H and O–H groups in total. The first kappa shape index (κ1) is 12.5. The van der Waals surface area contributed by atoms with E-state index in [1.165, 1.54) is 12.1 Å². The Bertz CT molecular complexity index is 389. The lowest BCUT2D eigenvalue weighted by Crippen LogP contribution is -2.27. The van der Waals surface area contributed by atoms with Crippen LogP contribution in [0.25, 0.3) is 0 Å². The molecular formula is C13H17F2NO. The maximum absolute atomic E-state index is 13.1. The second-order valence-electron chi connectivity index (χ2n) is 4.77. The van der Waals surface area contributed by atoms with Gasteiger partial charge in [-0.2, -0.15) is 0 Å². The van der Waals surface area contributed by atoms with Crippen molar-refractivity contribution in [1.82, 2.24) is 0 Å². The summed E-state index contributed by atoms with van der Waals surface area (Å²) in [5.74, 6) is -1.46. The zero-order valence-electron chi connectivity index (χ0n) is 9.57. The van der Waals surface area contributed by atoms with E-state index in [4.69, 9.17) is 5.73 Å². The first-order valence-electron chi connectivity index (χ1n) is 5.96. The van der Waals surface area contributed by atoms with Crippen LogP contribution in [0.5, 0.6) is 0 Å². The number of aliphatic hydroxyl groups excluding tert-OH is 1. The summed E-state index contributed by atoms with van der Waals surface area (Å²) in [4.78, 5) is 0. The summed E-state index contributed by atoms with van der Waals surface area (Å²) in [5.41, 5.74) is 6.69. The molecule has 0 radical (unpaired) electrons. The molecule has 1 fully saturated rings. The van der Waals surface area contributed by atoms with Crippen molar-refractivity contribution in [2.45, 2.75) is 37.8 Å². The van der Waals surface area contributed by atoms with Gasteiger partial charge in [-0.05, 0) is 49.3 Å². The lowest BCUT2D eigenvalue weighted by molar-refractivity contribution is 0.102. The van der Waals surface area contributed by atoms with Crippen LogP contribution in [-0.2, 0) is 0 Å². The average molecular weight is 241 g/mol. The van der Waals surface area contributed by atoms with Crippen molar-refractivity contribution in [1.29, 1.82) is 0 Å². The van der Waals surface area contributed by atoms with Gasteiger partial charge < -0.3 is 10.8 Å². The van der Waals surface area contributed by atoms with Gasteiger partial charge in [0.1, 0.15) is 0 Å². The molecule has 2 rings (SSSR count). The fourth-order valence-corrected chi connectivity index (χ4v) is 2.45. The first-order chi connectivity index (χ1) is 8.08. The Morgan fingerprint density at radius 1 is 1.12 bits per heavy atom. The van der Waals surface area contributed by atoms with E-state index in [-0.39, 0.29) is 18.1 Å². The van der Waals surface area contributed by atoms with Crippen molar-refractivity contribution in [3.05, 3.63) is 35.4 Å². The fraction of sp³-hybridized carbons (Fsp3) is 0.538. The molecule has 1 aromatic rings. The minimum absolute atomic E-state index is 0.233. The molecule has 1 aliphatic carbocycles. The summed E-state index contributed by atoms with van der Waals surface area (Å²) >= 11 is 0. The number of rotatable bonds is 2. The van der Waals surface area contributed by atoms with E-state index in [1.807, 2.05) is 0 Å². The van der Waals surface area contributed by atoms with Crippen molar-refractivity contribution in [3.63, 3.8) is 0 Å². The van der Waals surface area contributed by atoms with Crippen LogP contribution >= 0.6 is 0 Å². The Balaban J connectivity index is 2.08. The molecule has 1 aliphatic rings. The zero-order chi connectivity index (χ0) is 12.4. The maximum atomic E-state index is 13.1. The highest BCUT2D eigenvalue weighted by Crippen LogP contribution is 2.33. The van der Waals surface area contributed by atoms with Gasteiger partial charge in [0, 0.05) is 6.04 Å². The minimum atomic E-state index is -0.853. The van der Waals surface area contributed by atoms with Gasteiger partial charge in [0.2, 0.25) is 0 Å². The van der Waals surface area contributed by atoms with Crippen molar-refractivity contribution < 1.29 is 13.9 Å². The highest BCUT2D eigenvalue weighted by Gasteiger charge is 2.25. The first-order valence-corrected chi connectivity index (χ1v) is 5.96. The van der Waals surface area contributed by atoms with E-state index >= 15 is 0 Å². The predicted molar refractivity (Wildman–Crippen MR) is 61.3 cm³/mol. The standard InChI is InChI=1S/C13H17F2NO/c14-11-6-3-9(7-12(11)15)13(16)8-1-4-10(17)5-2-8/h3,6-8,10,13,17H,1-2,4-5,16H2. The smallest absolute Gasteiger partial charge is 0.159 e. The highest BCUT2D eigenvalue weighted by atomic mass is 19.2. The van der Waals surface area contributed by atoms with Gasteiger partial charge >= 0.3 is 0 Å². The Morgan fingerprint density at radius 2 is 1.76 bits per heavy atom. The van der Waals surface area contributed by atoms with E-state index in [2.05, 4.69) is 0 Å². The zero-order valence-corrected chi connectivity index (χ0v) is 9.57. The van der Waals surface area contributed by atoms with Gasteiger partial charge in [-0.3, -0.25) is 0 Å². The topological polar surface area (TPSA) is 46.2 Å². The molecular weight excluding hydrogens is 224 g/mol. The Kier molecular flexibility index (Phi) is 3.74. The lowest BCUT2D eigenvalue weighted by atomic mass is 9.80. The predicted octanol–water partition coefficient (Wildman–Crippen LogP) is 2.52. The molecule has 0 amide bonds. The summed E-state index contributed by atoms with van der Waals surface area (Å²) in [7, 11) is 0. The normalized spacial score (nSPS) is 26.8. The second kappa shape index (κ2) is 5.10. The fourth-order valence-electron chi connectivity index (χ4n) is 2.45. The van der Waals surface area contributed by atoms with E-state index in [0.29, 0.717) is 5.56 Å². The molecule has 94 valence electrons. The molecule has 4 heteroatoms. The molecule has 1 saturated carbocycles. The monoisotopic (exact) mass is 241 g/mol. The summed E-state index contributed by atoms with van der Waals surface area (Å²) < 4.78 is 25.9. The molecule has 0 bridgehead atoms. The molecule has 0 aliphatic heterocycles. The van der Waals surface area contributed by atoms with Crippen LogP contribution in [0.2, 0.25) is 0 Å². The Labute approximate surface area is 99.4 Å². The second-order valence-corrected chi connectivity index (χ2v) is 4.77. The van der Waals surface area contributed by atoms with Crippen LogP contribution < -0.4 is 5.73 Å². The molecule has 2 nitrogen and oxygen atoms in total.